The van der Waals surface area contributed by atoms with Crippen molar-refractivity contribution in [2.24, 2.45) is 5.92 Å². The molecule has 0 unspecified atom stereocenters. The predicted octanol–water partition coefficient (Wildman–Crippen LogP) is 2.84. The number of thioether (sulfide) groups is 1. The second-order valence-corrected chi connectivity index (χ2v) is 6.71. The summed E-state index contributed by atoms with van der Waals surface area (Å²) in [6, 6.07) is 5.15. The number of piperidine rings is 1. The van der Waals surface area contributed by atoms with Gasteiger partial charge in [0.25, 0.3) is 0 Å². The lowest BCUT2D eigenvalue weighted by Gasteiger charge is -2.35. The molecule has 3 heteroatoms. The minimum absolute atomic E-state index is 0.875. The number of pyridine rings is 1. The number of rotatable bonds is 3. The Morgan fingerprint density at radius 2 is 2.17 bits per heavy atom. The van der Waals surface area contributed by atoms with Crippen molar-refractivity contribution < 1.29 is 0 Å². The second-order valence-electron chi connectivity index (χ2n) is 5.56. The van der Waals surface area contributed by atoms with Crippen LogP contribution in [0.4, 0.5) is 0 Å². The highest BCUT2D eigenvalue weighted by molar-refractivity contribution is 7.99. The van der Waals surface area contributed by atoms with Gasteiger partial charge in [0.2, 0.25) is 0 Å². The van der Waals surface area contributed by atoms with Gasteiger partial charge in [0.1, 0.15) is 0 Å². The van der Waals surface area contributed by atoms with Crippen LogP contribution in [0, 0.1) is 5.92 Å². The Morgan fingerprint density at radius 1 is 1.28 bits per heavy atom. The summed E-state index contributed by atoms with van der Waals surface area (Å²) in [5.41, 5.74) is 1.41. The van der Waals surface area contributed by atoms with Crippen molar-refractivity contribution in [2.45, 2.75) is 31.7 Å². The molecule has 98 valence electrons. The Bertz CT molecular complexity index is 354. The molecular weight excluding hydrogens is 240 g/mol. The lowest BCUT2D eigenvalue weighted by molar-refractivity contribution is 0.143. The molecular formula is C15H22N2S. The van der Waals surface area contributed by atoms with E-state index in [4.69, 9.17) is 0 Å². The van der Waals surface area contributed by atoms with E-state index in [1.807, 2.05) is 12.4 Å². The maximum atomic E-state index is 4.21. The van der Waals surface area contributed by atoms with Crippen LogP contribution in [0.2, 0.25) is 0 Å². The Morgan fingerprint density at radius 3 is 2.83 bits per heavy atom. The van der Waals surface area contributed by atoms with Gasteiger partial charge in [-0.25, -0.2) is 0 Å². The van der Waals surface area contributed by atoms with Gasteiger partial charge in [-0.1, -0.05) is 6.07 Å². The molecule has 2 fully saturated rings. The summed E-state index contributed by atoms with van der Waals surface area (Å²) in [5.74, 6) is 3.62. The molecule has 0 aliphatic carbocycles. The highest BCUT2D eigenvalue weighted by atomic mass is 32.2. The molecule has 0 saturated carbocycles. The average molecular weight is 262 g/mol. The van der Waals surface area contributed by atoms with Crippen molar-refractivity contribution >= 4 is 11.8 Å². The zero-order valence-electron chi connectivity index (χ0n) is 10.9. The zero-order chi connectivity index (χ0) is 12.2. The maximum absolute atomic E-state index is 4.21. The molecule has 1 atom stereocenters. The standard InChI is InChI=1S/C15H22N2S/c1-2-14(11-16-6-1)10-13-3-7-17(8-4-13)15-5-9-18-12-15/h1-2,6,11,13,15H,3-5,7-10,12H2/t15-/m0/s1. The van der Waals surface area contributed by atoms with Crippen molar-refractivity contribution in [1.82, 2.24) is 9.88 Å². The molecule has 1 aromatic rings. The second kappa shape index (κ2) is 6.07. The first-order valence-corrected chi connectivity index (χ1v) is 8.28. The molecule has 2 saturated heterocycles. The SMILES string of the molecule is c1cncc(CC2CCN([C@H]3CCSC3)CC2)c1. The Labute approximate surface area is 114 Å². The van der Waals surface area contributed by atoms with Gasteiger partial charge in [-0.3, -0.25) is 9.88 Å². The highest BCUT2D eigenvalue weighted by Crippen LogP contribution is 2.28. The molecule has 2 nitrogen and oxygen atoms in total. The van der Waals surface area contributed by atoms with Gasteiger partial charge in [0, 0.05) is 24.2 Å². The van der Waals surface area contributed by atoms with Crippen LogP contribution in [0.5, 0.6) is 0 Å². The lowest BCUT2D eigenvalue weighted by atomic mass is 9.90. The van der Waals surface area contributed by atoms with E-state index in [1.54, 1.807) is 0 Å². The van der Waals surface area contributed by atoms with E-state index in [1.165, 1.54) is 55.8 Å². The van der Waals surface area contributed by atoms with Gasteiger partial charge >= 0.3 is 0 Å². The van der Waals surface area contributed by atoms with E-state index in [9.17, 15) is 0 Å². The first kappa shape index (κ1) is 12.5. The van der Waals surface area contributed by atoms with Gasteiger partial charge in [0.15, 0.2) is 0 Å². The van der Waals surface area contributed by atoms with Crippen molar-refractivity contribution in [3.8, 4) is 0 Å². The topological polar surface area (TPSA) is 16.1 Å². The van der Waals surface area contributed by atoms with Crippen LogP contribution in [-0.4, -0.2) is 40.5 Å². The summed E-state index contributed by atoms with van der Waals surface area (Å²) in [6.07, 6.45) is 9.27. The van der Waals surface area contributed by atoms with Crippen LogP contribution in [0.3, 0.4) is 0 Å². The number of hydrogen-bond acceptors (Lipinski definition) is 3. The van der Waals surface area contributed by atoms with E-state index in [0.717, 1.165) is 12.0 Å². The van der Waals surface area contributed by atoms with Crippen LogP contribution >= 0.6 is 11.8 Å². The monoisotopic (exact) mass is 262 g/mol. The van der Waals surface area contributed by atoms with Gasteiger partial charge in [-0.05, 0) is 62.1 Å². The van der Waals surface area contributed by atoms with E-state index < -0.39 is 0 Å². The largest absolute Gasteiger partial charge is 0.300 e. The summed E-state index contributed by atoms with van der Waals surface area (Å²) in [6.45, 7) is 2.63. The molecule has 0 aromatic carbocycles. The van der Waals surface area contributed by atoms with Crippen molar-refractivity contribution in [3.05, 3.63) is 30.1 Å². The third kappa shape index (κ3) is 3.07. The first-order valence-electron chi connectivity index (χ1n) is 7.12. The normalized spacial score (nSPS) is 26.6. The lowest BCUT2D eigenvalue weighted by Crippen LogP contribution is -2.41. The highest BCUT2D eigenvalue weighted by Gasteiger charge is 2.27. The Balaban J connectivity index is 1.48. The fourth-order valence-electron chi connectivity index (χ4n) is 3.18. The molecule has 0 bridgehead atoms. The van der Waals surface area contributed by atoms with Crippen LogP contribution in [0.15, 0.2) is 24.5 Å². The van der Waals surface area contributed by atoms with Crippen LogP contribution in [-0.2, 0) is 6.42 Å². The summed E-state index contributed by atoms with van der Waals surface area (Å²) >= 11 is 2.13. The van der Waals surface area contributed by atoms with Crippen molar-refractivity contribution in [3.63, 3.8) is 0 Å². The number of nitrogens with zero attached hydrogens (tertiary/aromatic N) is 2. The van der Waals surface area contributed by atoms with Crippen LogP contribution in [0.1, 0.15) is 24.8 Å². The summed E-state index contributed by atoms with van der Waals surface area (Å²) in [5, 5.41) is 0. The van der Waals surface area contributed by atoms with Gasteiger partial charge in [0.05, 0.1) is 0 Å². The van der Waals surface area contributed by atoms with Crippen molar-refractivity contribution in [1.29, 1.82) is 0 Å². The quantitative estimate of drug-likeness (QED) is 0.833. The molecule has 3 heterocycles. The minimum atomic E-state index is 0.875. The van der Waals surface area contributed by atoms with E-state index >= 15 is 0 Å². The smallest absolute Gasteiger partial charge is 0.0299 e. The molecule has 2 aliphatic rings. The molecule has 0 radical (unpaired) electrons. The van der Waals surface area contributed by atoms with Crippen LogP contribution < -0.4 is 0 Å². The predicted molar refractivity (Wildman–Crippen MR) is 78.0 cm³/mol. The molecule has 0 amide bonds. The summed E-state index contributed by atoms with van der Waals surface area (Å²) in [7, 11) is 0. The first-order chi connectivity index (χ1) is 8.92. The minimum Gasteiger partial charge on any atom is -0.300 e. The van der Waals surface area contributed by atoms with Crippen LogP contribution in [0.25, 0.3) is 0 Å². The van der Waals surface area contributed by atoms with E-state index in [2.05, 4.69) is 33.8 Å². The van der Waals surface area contributed by atoms with Gasteiger partial charge in [-0.15, -0.1) is 0 Å². The molecule has 2 aliphatic heterocycles. The van der Waals surface area contributed by atoms with Gasteiger partial charge < -0.3 is 0 Å². The third-order valence-electron chi connectivity index (χ3n) is 4.32. The Hall–Kier alpha value is -0.540. The molecule has 3 rings (SSSR count). The average Bonchev–Trinajstić information content (AvgIpc) is 2.95. The molecule has 1 aromatic heterocycles. The summed E-state index contributed by atoms with van der Waals surface area (Å²) in [4.78, 5) is 6.95. The fraction of sp³-hybridized carbons (Fsp3) is 0.667. The summed E-state index contributed by atoms with van der Waals surface area (Å²) < 4.78 is 0. The molecule has 0 spiro atoms. The van der Waals surface area contributed by atoms with E-state index in [-0.39, 0.29) is 0 Å². The molecule has 0 N–H and O–H groups in total. The zero-order valence-corrected chi connectivity index (χ0v) is 11.7. The van der Waals surface area contributed by atoms with Crippen molar-refractivity contribution in [2.75, 3.05) is 24.6 Å². The number of hydrogen-bond donors (Lipinski definition) is 0. The molecule has 18 heavy (non-hydrogen) atoms. The van der Waals surface area contributed by atoms with Gasteiger partial charge in [-0.2, -0.15) is 11.8 Å². The number of aromatic nitrogens is 1. The van der Waals surface area contributed by atoms with E-state index in [0.29, 0.717) is 0 Å². The third-order valence-corrected chi connectivity index (χ3v) is 5.46. The Kier molecular flexibility index (Phi) is 4.21. The fourth-order valence-corrected chi connectivity index (χ4v) is 4.44. The maximum Gasteiger partial charge on any atom is 0.0299 e. The number of likely N-dealkylation sites (tertiary alicyclic amines) is 1.